The average molecular weight is 128 g/mol. The molecule has 1 heterocycles. The summed E-state index contributed by atoms with van der Waals surface area (Å²) in [5, 5.41) is 0. The van der Waals surface area contributed by atoms with E-state index in [4.69, 9.17) is 4.74 Å². The monoisotopic (exact) mass is 128 g/mol. The molecule has 0 aromatic carbocycles. The van der Waals surface area contributed by atoms with Gasteiger partial charge in [-0.3, -0.25) is 0 Å². The first-order valence-electron chi connectivity index (χ1n) is 3.79. The van der Waals surface area contributed by atoms with Crippen molar-refractivity contribution in [3.63, 3.8) is 0 Å². The van der Waals surface area contributed by atoms with Crippen molar-refractivity contribution in [2.75, 3.05) is 13.2 Å². The summed E-state index contributed by atoms with van der Waals surface area (Å²) in [5.41, 5.74) is 0. The molecule has 0 saturated carbocycles. The SMILES string of the molecule is CC(C)C(C)C1COC1. The van der Waals surface area contributed by atoms with Crippen molar-refractivity contribution in [1.29, 1.82) is 0 Å². The highest BCUT2D eigenvalue weighted by atomic mass is 16.5. The molecule has 0 radical (unpaired) electrons. The highest BCUT2D eigenvalue weighted by molar-refractivity contribution is 4.73. The van der Waals surface area contributed by atoms with Crippen LogP contribution in [0.15, 0.2) is 0 Å². The molecule has 0 bridgehead atoms. The van der Waals surface area contributed by atoms with Crippen LogP contribution in [0.2, 0.25) is 0 Å². The summed E-state index contributed by atoms with van der Waals surface area (Å²) >= 11 is 0. The van der Waals surface area contributed by atoms with Gasteiger partial charge in [0.1, 0.15) is 0 Å². The Kier molecular flexibility index (Phi) is 2.12. The van der Waals surface area contributed by atoms with Crippen molar-refractivity contribution in [2.45, 2.75) is 20.8 Å². The number of rotatable bonds is 2. The normalized spacial score (nSPS) is 24.0. The Bertz CT molecular complexity index is 84.6. The van der Waals surface area contributed by atoms with Crippen molar-refractivity contribution in [3.8, 4) is 0 Å². The van der Waals surface area contributed by atoms with E-state index in [0.717, 1.165) is 31.0 Å². The number of hydrogen-bond donors (Lipinski definition) is 0. The van der Waals surface area contributed by atoms with Gasteiger partial charge in [0.05, 0.1) is 13.2 Å². The smallest absolute Gasteiger partial charge is 0.0519 e. The largest absolute Gasteiger partial charge is 0.381 e. The van der Waals surface area contributed by atoms with Gasteiger partial charge in [-0.05, 0) is 11.8 Å². The highest BCUT2D eigenvalue weighted by Gasteiger charge is 2.26. The van der Waals surface area contributed by atoms with Crippen molar-refractivity contribution in [3.05, 3.63) is 0 Å². The molecule has 1 aliphatic rings. The minimum atomic E-state index is 0.818. The molecule has 1 atom stereocenters. The van der Waals surface area contributed by atoms with Crippen LogP contribution in [0.1, 0.15) is 20.8 Å². The van der Waals surface area contributed by atoms with E-state index >= 15 is 0 Å². The van der Waals surface area contributed by atoms with Crippen LogP contribution in [0, 0.1) is 17.8 Å². The quantitative estimate of drug-likeness (QED) is 0.552. The molecule has 54 valence electrons. The topological polar surface area (TPSA) is 9.23 Å². The maximum absolute atomic E-state index is 5.11. The molecule has 1 heteroatoms. The van der Waals surface area contributed by atoms with Crippen LogP contribution in [-0.4, -0.2) is 13.2 Å². The van der Waals surface area contributed by atoms with Gasteiger partial charge in [0, 0.05) is 5.92 Å². The van der Waals surface area contributed by atoms with Crippen LogP contribution in [0.3, 0.4) is 0 Å². The second kappa shape index (κ2) is 2.70. The minimum Gasteiger partial charge on any atom is -0.381 e. The Morgan fingerprint density at radius 2 is 1.78 bits per heavy atom. The second-order valence-electron chi connectivity index (χ2n) is 3.40. The molecule has 0 aromatic heterocycles. The van der Waals surface area contributed by atoms with Crippen molar-refractivity contribution in [1.82, 2.24) is 0 Å². The fourth-order valence-electron chi connectivity index (χ4n) is 1.10. The molecule has 1 unspecified atom stereocenters. The molecule has 0 aliphatic carbocycles. The van der Waals surface area contributed by atoms with Gasteiger partial charge >= 0.3 is 0 Å². The Hall–Kier alpha value is -0.0400. The third-order valence-corrected chi connectivity index (χ3v) is 2.46. The zero-order chi connectivity index (χ0) is 6.85. The Balaban J connectivity index is 2.23. The highest BCUT2D eigenvalue weighted by Crippen LogP contribution is 2.26. The fraction of sp³-hybridized carbons (Fsp3) is 1.00. The third-order valence-electron chi connectivity index (χ3n) is 2.46. The van der Waals surface area contributed by atoms with Crippen LogP contribution in [0.4, 0.5) is 0 Å². The van der Waals surface area contributed by atoms with E-state index in [2.05, 4.69) is 20.8 Å². The molecule has 1 nitrogen and oxygen atoms in total. The predicted molar refractivity (Wildman–Crippen MR) is 38.3 cm³/mol. The van der Waals surface area contributed by atoms with Crippen LogP contribution < -0.4 is 0 Å². The first-order valence-corrected chi connectivity index (χ1v) is 3.79. The van der Waals surface area contributed by atoms with E-state index in [9.17, 15) is 0 Å². The van der Waals surface area contributed by atoms with E-state index in [0.29, 0.717) is 0 Å². The van der Waals surface area contributed by atoms with Gasteiger partial charge < -0.3 is 4.74 Å². The Labute approximate surface area is 57.4 Å². The maximum Gasteiger partial charge on any atom is 0.0519 e. The molecule has 0 spiro atoms. The molecule has 0 N–H and O–H groups in total. The minimum absolute atomic E-state index is 0.818. The maximum atomic E-state index is 5.11. The second-order valence-corrected chi connectivity index (χ2v) is 3.40. The lowest BCUT2D eigenvalue weighted by Crippen LogP contribution is -2.35. The first-order chi connectivity index (χ1) is 4.22. The van der Waals surface area contributed by atoms with Crippen molar-refractivity contribution in [2.24, 2.45) is 17.8 Å². The average Bonchev–Trinajstić information content (AvgIpc) is 1.60. The molecule has 9 heavy (non-hydrogen) atoms. The van der Waals surface area contributed by atoms with Crippen molar-refractivity contribution < 1.29 is 4.74 Å². The number of hydrogen-bond acceptors (Lipinski definition) is 1. The van der Waals surface area contributed by atoms with Gasteiger partial charge in [0.15, 0.2) is 0 Å². The van der Waals surface area contributed by atoms with Gasteiger partial charge in [-0.1, -0.05) is 20.8 Å². The van der Waals surface area contributed by atoms with E-state index in [1.54, 1.807) is 0 Å². The molecule has 0 amide bonds. The summed E-state index contributed by atoms with van der Waals surface area (Å²) in [6.07, 6.45) is 0. The lowest BCUT2D eigenvalue weighted by atomic mass is 9.84. The lowest BCUT2D eigenvalue weighted by Gasteiger charge is -2.33. The summed E-state index contributed by atoms with van der Waals surface area (Å²) in [4.78, 5) is 0. The molecule has 1 saturated heterocycles. The van der Waals surface area contributed by atoms with E-state index < -0.39 is 0 Å². The standard InChI is InChI=1S/C8H16O/c1-6(2)7(3)8-4-9-5-8/h6-8H,4-5H2,1-3H3. The molecule has 1 aliphatic heterocycles. The van der Waals surface area contributed by atoms with Gasteiger partial charge in [-0.2, -0.15) is 0 Å². The molecule has 1 rings (SSSR count). The zero-order valence-corrected chi connectivity index (χ0v) is 6.55. The Morgan fingerprint density at radius 1 is 1.22 bits per heavy atom. The van der Waals surface area contributed by atoms with Crippen LogP contribution in [0.5, 0.6) is 0 Å². The lowest BCUT2D eigenvalue weighted by molar-refractivity contribution is -0.0657. The van der Waals surface area contributed by atoms with Crippen LogP contribution in [-0.2, 0) is 4.74 Å². The zero-order valence-electron chi connectivity index (χ0n) is 6.55. The van der Waals surface area contributed by atoms with Crippen LogP contribution in [0.25, 0.3) is 0 Å². The van der Waals surface area contributed by atoms with E-state index in [1.165, 1.54) is 0 Å². The predicted octanol–water partition coefficient (Wildman–Crippen LogP) is 1.92. The Morgan fingerprint density at radius 3 is 1.89 bits per heavy atom. The molecule has 1 fully saturated rings. The van der Waals surface area contributed by atoms with Gasteiger partial charge in [0.25, 0.3) is 0 Å². The van der Waals surface area contributed by atoms with Gasteiger partial charge in [-0.25, -0.2) is 0 Å². The van der Waals surface area contributed by atoms with Gasteiger partial charge in [-0.15, -0.1) is 0 Å². The summed E-state index contributed by atoms with van der Waals surface area (Å²) in [6, 6.07) is 0. The van der Waals surface area contributed by atoms with Crippen molar-refractivity contribution >= 4 is 0 Å². The first kappa shape index (κ1) is 7.07. The molecule has 0 aromatic rings. The third kappa shape index (κ3) is 1.45. The van der Waals surface area contributed by atoms with Gasteiger partial charge in [0.2, 0.25) is 0 Å². The van der Waals surface area contributed by atoms with Crippen LogP contribution >= 0.6 is 0 Å². The summed E-state index contributed by atoms with van der Waals surface area (Å²) in [5.74, 6) is 2.52. The molecular weight excluding hydrogens is 112 g/mol. The fourth-order valence-corrected chi connectivity index (χ4v) is 1.10. The number of ether oxygens (including phenoxy) is 1. The summed E-state index contributed by atoms with van der Waals surface area (Å²) in [6.45, 7) is 8.88. The summed E-state index contributed by atoms with van der Waals surface area (Å²) < 4.78 is 5.11. The van der Waals surface area contributed by atoms with E-state index in [1.807, 2.05) is 0 Å². The summed E-state index contributed by atoms with van der Waals surface area (Å²) in [7, 11) is 0. The molecular formula is C8H16O. The van der Waals surface area contributed by atoms with E-state index in [-0.39, 0.29) is 0 Å².